The zero-order valence-corrected chi connectivity index (χ0v) is 17.2. The van der Waals surface area contributed by atoms with Crippen molar-refractivity contribution in [3.8, 4) is 0 Å². The Morgan fingerprint density at radius 2 is 1.67 bits per heavy atom. The third-order valence-electron chi connectivity index (χ3n) is 4.09. The van der Waals surface area contributed by atoms with Gasteiger partial charge in [0, 0.05) is 5.75 Å². The smallest absolute Gasteiger partial charge is 0.327 e. The average molecular weight is 405 g/mol. The van der Waals surface area contributed by atoms with Gasteiger partial charge in [-0.1, -0.05) is 34.1 Å². The summed E-state index contributed by atoms with van der Waals surface area (Å²) in [6.45, 7) is 7.16. The van der Waals surface area contributed by atoms with Crippen molar-refractivity contribution in [2.75, 3.05) is 12.3 Å². The fraction of sp³-hybridized carbons (Fsp3) is 0.765. The SMILES string of the molecule is CCC(C)C(NC(=O)CNC(=O)C(N)CC(C)C)C(=O)NC(CS)C(=O)O. The van der Waals surface area contributed by atoms with Gasteiger partial charge in [0.2, 0.25) is 17.7 Å². The van der Waals surface area contributed by atoms with E-state index in [0.717, 1.165) is 0 Å². The molecule has 0 aromatic heterocycles. The van der Waals surface area contributed by atoms with E-state index >= 15 is 0 Å². The van der Waals surface area contributed by atoms with E-state index in [2.05, 4.69) is 28.6 Å². The van der Waals surface area contributed by atoms with Gasteiger partial charge < -0.3 is 26.8 Å². The van der Waals surface area contributed by atoms with Crippen LogP contribution < -0.4 is 21.7 Å². The zero-order chi connectivity index (χ0) is 21.1. The molecule has 10 heteroatoms. The van der Waals surface area contributed by atoms with Gasteiger partial charge in [0.1, 0.15) is 12.1 Å². The van der Waals surface area contributed by atoms with Crippen LogP contribution in [-0.2, 0) is 19.2 Å². The molecule has 4 unspecified atom stereocenters. The molecule has 0 aliphatic heterocycles. The summed E-state index contributed by atoms with van der Waals surface area (Å²) < 4.78 is 0. The number of carboxylic acid groups (broad SMARTS) is 1. The molecule has 27 heavy (non-hydrogen) atoms. The van der Waals surface area contributed by atoms with E-state index in [4.69, 9.17) is 10.8 Å². The Hall–Kier alpha value is -1.81. The summed E-state index contributed by atoms with van der Waals surface area (Å²) in [4.78, 5) is 47.5. The molecule has 0 rings (SSSR count). The van der Waals surface area contributed by atoms with Gasteiger partial charge in [0.25, 0.3) is 0 Å². The molecule has 0 bridgehead atoms. The lowest BCUT2D eigenvalue weighted by Crippen LogP contribution is -2.56. The van der Waals surface area contributed by atoms with Crippen LogP contribution in [0.3, 0.4) is 0 Å². The van der Waals surface area contributed by atoms with E-state index in [0.29, 0.717) is 12.8 Å². The maximum absolute atomic E-state index is 12.4. The van der Waals surface area contributed by atoms with E-state index in [1.807, 2.05) is 20.8 Å². The van der Waals surface area contributed by atoms with Crippen LogP contribution in [0.2, 0.25) is 0 Å². The van der Waals surface area contributed by atoms with Gasteiger partial charge in [-0.05, 0) is 18.3 Å². The Labute approximate surface area is 165 Å². The monoisotopic (exact) mass is 404 g/mol. The van der Waals surface area contributed by atoms with E-state index < -0.39 is 41.8 Å². The first-order chi connectivity index (χ1) is 12.5. The van der Waals surface area contributed by atoms with Crippen molar-refractivity contribution in [1.29, 1.82) is 0 Å². The molecule has 4 atom stereocenters. The van der Waals surface area contributed by atoms with E-state index in [1.165, 1.54) is 0 Å². The van der Waals surface area contributed by atoms with Crippen molar-refractivity contribution >= 4 is 36.3 Å². The standard InChI is InChI=1S/C17H32N4O5S/c1-5-10(4)14(16(24)20-12(8-27)17(25)26)21-13(22)7-19-15(23)11(18)6-9(2)3/h9-12,14,27H,5-8,18H2,1-4H3,(H,19,23)(H,20,24)(H,21,22)(H,25,26). The van der Waals surface area contributed by atoms with Gasteiger partial charge in [0.05, 0.1) is 12.6 Å². The van der Waals surface area contributed by atoms with E-state index in [9.17, 15) is 19.2 Å². The zero-order valence-electron chi connectivity index (χ0n) is 16.3. The van der Waals surface area contributed by atoms with Gasteiger partial charge in [-0.25, -0.2) is 4.79 Å². The molecular formula is C17H32N4O5S. The molecular weight excluding hydrogens is 372 g/mol. The number of hydrogen-bond donors (Lipinski definition) is 6. The Bertz CT molecular complexity index is 529. The lowest BCUT2D eigenvalue weighted by molar-refractivity contribution is -0.141. The minimum absolute atomic E-state index is 0.0773. The van der Waals surface area contributed by atoms with Gasteiger partial charge in [0.15, 0.2) is 0 Å². The number of amides is 3. The highest BCUT2D eigenvalue weighted by molar-refractivity contribution is 7.80. The molecule has 156 valence electrons. The maximum Gasteiger partial charge on any atom is 0.327 e. The molecule has 0 aromatic carbocycles. The van der Waals surface area contributed by atoms with Crippen molar-refractivity contribution in [3.05, 3.63) is 0 Å². The second-order valence-corrected chi connectivity index (χ2v) is 7.33. The first-order valence-electron chi connectivity index (χ1n) is 9.00. The van der Waals surface area contributed by atoms with Crippen LogP contribution in [0.1, 0.15) is 40.5 Å². The lowest BCUT2D eigenvalue weighted by Gasteiger charge is -2.25. The van der Waals surface area contributed by atoms with Crippen LogP contribution in [0, 0.1) is 11.8 Å². The number of aliphatic carboxylic acids is 1. The molecule has 0 fully saturated rings. The largest absolute Gasteiger partial charge is 0.480 e. The normalized spacial score (nSPS) is 15.4. The van der Waals surface area contributed by atoms with Crippen LogP contribution >= 0.6 is 12.6 Å². The molecule has 0 aromatic rings. The lowest BCUT2D eigenvalue weighted by atomic mass is 9.98. The summed E-state index contributed by atoms with van der Waals surface area (Å²) >= 11 is 3.90. The van der Waals surface area contributed by atoms with Crippen LogP contribution in [-0.4, -0.2) is 59.2 Å². The van der Waals surface area contributed by atoms with Crippen molar-refractivity contribution in [2.24, 2.45) is 17.6 Å². The Morgan fingerprint density at radius 3 is 2.11 bits per heavy atom. The first-order valence-corrected chi connectivity index (χ1v) is 9.63. The molecule has 0 aliphatic rings. The van der Waals surface area contributed by atoms with Crippen LogP contribution in [0.5, 0.6) is 0 Å². The second kappa shape index (κ2) is 12.6. The van der Waals surface area contributed by atoms with Gasteiger partial charge in [-0.2, -0.15) is 12.6 Å². The van der Waals surface area contributed by atoms with Crippen LogP contribution in [0.15, 0.2) is 0 Å². The minimum Gasteiger partial charge on any atom is -0.480 e. The summed E-state index contributed by atoms with van der Waals surface area (Å²) in [6, 6.07) is -2.79. The number of carbonyl (C=O) groups is 4. The number of nitrogens with two attached hydrogens (primary N) is 1. The Morgan fingerprint density at radius 1 is 1.07 bits per heavy atom. The second-order valence-electron chi connectivity index (χ2n) is 6.97. The van der Waals surface area contributed by atoms with Gasteiger partial charge >= 0.3 is 5.97 Å². The highest BCUT2D eigenvalue weighted by atomic mass is 32.1. The Kier molecular flexibility index (Phi) is 11.7. The molecule has 0 spiro atoms. The Balaban J connectivity index is 4.80. The molecule has 0 aliphatic carbocycles. The molecule has 6 N–H and O–H groups in total. The van der Waals surface area contributed by atoms with E-state index in [1.54, 1.807) is 6.92 Å². The topological polar surface area (TPSA) is 151 Å². The number of thiol groups is 1. The molecule has 0 radical (unpaired) electrons. The summed E-state index contributed by atoms with van der Waals surface area (Å²) in [5.41, 5.74) is 5.75. The highest BCUT2D eigenvalue weighted by Crippen LogP contribution is 2.09. The van der Waals surface area contributed by atoms with Crippen molar-refractivity contribution < 1.29 is 24.3 Å². The van der Waals surface area contributed by atoms with Crippen molar-refractivity contribution in [2.45, 2.75) is 58.7 Å². The van der Waals surface area contributed by atoms with Gasteiger partial charge in [-0.15, -0.1) is 0 Å². The number of nitrogens with one attached hydrogen (secondary N) is 3. The number of carbonyl (C=O) groups excluding carboxylic acids is 3. The molecule has 3 amide bonds. The number of hydrogen-bond acceptors (Lipinski definition) is 6. The molecule has 0 heterocycles. The summed E-state index contributed by atoms with van der Waals surface area (Å²) in [5.74, 6) is -2.88. The third kappa shape index (κ3) is 9.62. The molecule has 9 nitrogen and oxygen atoms in total. The summed E-state index contributed by atoms with van der Waals surface area (Å²) in [6.07, 6.45) is 1.08. The number of rotatable bonds is 12. The third-order valence-corrected chi connectivity index (χ3v) is 4.46. The fourth-order valence-corrected chi connectivity index (χ4v) is 2.53. The van der Waals surface area contributed by atoms with E-state index in [-0.39, 0.29) is 24.1 Å². The average Bonchev–Trinajstić information content (AvgIpc) is 2.60. The molecule has 0 saturated heterocycles. The predicted octanol–water partition coefficient (Wildman–Crippen LogP) is -0.494. The van der Waals surface area contributed by atoms with Crippen LogP contribution in [0.4, 0.5) is 0 Å². The number of carboxylic acids is 1. The summed E-state index contributed by atoms with van der Waals surface area (Å²) in [5, 5.41) is 16.4. The first kappa shape index (κ1) is 25.2. The van der Waals surface area contributed by atoms with Crippen LogP contribution in [0.25, 0.3) is 0 Å². The van der Waals surface area contributed by atoms with Crippen molar-refractivity contribution in [3.63, 3.8) is 0 Å². The molecule has 0 saturated carbocycles. The highest BCUT2D eigenvalue weighted by Gasteiger charge is 2.29. The van der Waals surface area contributed by atoms with Crippen molar-refractivity contribution in [1.82, 2.24) is 16.0 Å². The predicted molar refractivity (Wildman–Crippen MR) is 105 cm³/mol. The quantitative estimate of drug-likeness (QED) is 0.242. The fourth-order valence-electron chi connectivity index (χ4n) is 2.29. The maximum atomic E-state index is 12.4. The van der Waals surface area contributed by atoms with Gasteiger partial charge in [-0.3, -0.25) is 14.4 Å². The minimum atomic E-state index is -1.21. The summed E-state index contributed by atoms with van der Waals surface area (Å²) in [7, 11) is 0.